The molecule has 0 radical (unpaired) electrons. The van der Waals surface area contributed by atoms with Crippen molar-refractivity contribution in [2.75, 3.05) is 37.7 Å². The highest BCUT2D eigenvalue weighted by Gasteiger charge is 2.08. The first kappa shape index (κ1) is 11.4. The van der Waals surface area contributed by atoms with Gasteiger partial charge in [-0.1, -0.05) is 0 Å². The molecule has 3 nitrogen and oxygen atoms in total. The number of hydrogen-bond donors (Lipinski definition) is 1. The molecule has 1 aliphatic rings. The average molecular weight is 243 g/mol. The number of aromatic nitrogens is 1. The van der Waals surface area contributed by atoms with Crippen LogP contribution in [0, 0.1) is 0 Å². The SMILES string of the molecule is c1nc(CNCCN2CCSCC2)cs1. The lowest BCUT2D eigenvalue weighted by Gasteiger charge is -2.25. The second-order valence-electron chi connectivity index (χ2n) is 3.61. The van der Waals surface area contributed by atoms with Gasteiger partial charge in [-0.05, 0) is 0 Å². The Hall–Kier alpha value is -0.100. The van der Waals surface area contributed by atoms with Crippen molar-refractivity contribution in [1.82, 2.24) is 15.2 Å². The molecule has 0 bridgehead atoms. The molecule has 15 heavy (non-hydrogen) atoms. The summed E-state index contributed by atoms with van der Waals surface area (Å²) in [6.07, 6.45) is 0. The average Bonchev–Trinajstić information content (AvgIpc) is 2.79. The molecule has 0 spiro atoms. The minimum absolute atomic E-state index is 0.909. The number of rotatable bonds is 5. The van der Waals surface area contributed by atoms with Crippen LogP contribution < -0.4 is 5.32 Å². The van der Waals surface area contributed by atoms with E-state index in [1.165, 1.54) is 31.1 Å². The lowest BCUT2D eigenvalue weighted by molar-refractivity contribution is 0.301. The molecule has 1 aliphatic heterocycles. The third kappa shape index (κ3) is 4.10. The summed E-state index contributed by atoms with van der Waals surface area (Å²) in [5, 5.41) is 5.53. The standard InChI is InChI=1S/C10H17N3S2/c1(2-13-3-5-14-6-4-13)11-7-10-8-15-9-12-10/h8-9,11H,1-7H2. The van der Waals surface area contributed by atoms with Gasteiger partial charge in [0.1, 0.15) is 0 Å². The number of thiazole rings is 1. The van der Waals surface area contributed by atoms with E-state index in [2.05, 4.69) is 32.3 Å². The minimum atomic E-state index is 0.909. The Bertz CT molecular complexity index is 258. The molecule has 0 saturated carbocycles. The summed E-state index contributed by atoms with van der Waals surface area (Å²) in [6.45, 7) is 5.66. The van der Waals surface area contributed by atoms with Gasteiger partial charge in [-0.3, -0.25) is 0 Å². The van der Waals surface area contributed by atoms with Crippen LogP contribution in [-0.2, 0) is 6.54 Å². The van der Waals surface area contributed by atoms with Gasteiger partial charge in [0.2, 0.25) is 0 Å². The Labute approximate surface area is 99.3 Å². The summed E-state index contributed by atoms with van der Waals surface area (Å²) in [5.74, 6) is 2.60. The third-order valence-electron chi connectivity index (χ3n) is 2.50. The van der Waals surface area contributed by atoms with Crippen LogP contribution in [0.5, 0.6) is 0 Å². The number of nitrogens with one attached hydrogen (secondary N) is 1. The van der Waals surface area contributed by atoms with Crippen molar-refractivity contribution >= 4 is 23.1 Å². The van der Waals surface area contributed by atoms with E-state index in [0.717, 1.165) is 18.8 Å². The first-order chi connectivity index (χ1) is 7.45. The van der Waals surface area contributed by atoms with Crippen molar-refractivity contribution in [3.8, 4) is 0 Å². The first-order valence-corrected chi connectivity index (χ1v) is 7.43. The highest BCUT2D eigenvalue weighted by Crippen LogP contribution is 2.08. The summed E-state index contributed by atoms with van der Waals surface area (Å²) in [5.41, 5.74) is 3.05. The van der Waals surface area contributed by atoms with E-state index >= 15 is 0 Å². The van der Waals surface area contributed by atoms with Crippen molar-refractivity contribution in [2.24, 2.45) is 0 Å². The Balaban J connectivity index is 1.54. The van der Waals surface area contributed by atoms with Gasteiger partial charge in [0.05, 0.1) is 11.2 Å². The molecule has 0 atom stereocenters. The van der Waals surface area contributed by atoms with Crippen LogP contribution in [0.3, 0.4) is 0 Å². The number of thioether (sulfide) groups is 1. The maximum Gasteiger partial charge on any atom is 0.0795 e. The molecule has 0 amide bonds. The van der Waals surface area contributed by atoms with Crippen molar-refractivity contribution in [3.63, 3.8) is 0 Å². The van der Waals surface area contributed by atoms with E-state index in [1.54, 1.807) is 11.3 Å². The first-order valence-electron chi connectivity index (χ1n) is 5.33. The van der Waals surface area contributed by atoms with Crippen molar-refractivity contribution in [3.05, 3.63) is 16.6 Å². The maximum absolute atomic E-state index is 4.24. The second kappa shape index (κ2) is 6.48. The largest absolute Gasteiger partial charge is 0.310 e. The molecule has 2 heterocycles. The van der Waals surface area contributed by atoms with Crippen LogP contribution >= 0.6 is 23.1 Å². The van der Waals surface area contributed by atoms with Crippen molar-refractivity contribution < 1.29 is 0 Å². The van der Waals surface area contributed by atoms with E-state index in [4.69, 9.17) is 0 Å². The Kier molecular flexibility index (Phi) is 4.92. The van der Waals surface area contributed by atoms with E-state index in [0.29, 0.717) is 0 Å². The summed E-state index contributed by atoms with van der Waals surface area (Å²) in [4.78, 5) is 6.77. The van der Waals surface area contributed by atoms with Gasteiger partial charge >= 0.3 is 0 Å². The molecule has 1 N–H and O–H groups in total. The van der Waals surface area contributed by atoms with Crippen molar-refractivity contribution in [1.29, 1.82) is 0 Å². The van der Waals surface area contributed by atoms with Crippen molar-refractivity contribution in [2.45, 2.75) is 6.54 Å². The third-order valence-corrected chi connectivity index (χ3v) is 4.08. The fourth-order valence-corrected chi connectivity index (χ4v) is 3.14. The van der Waals surface area contributed by atoms with Gasteiger partial charge in [-0.25, -0.2) is 4.98 Å². The van der Waals surface area contributed by atoms with Crippen LogP contribution in [0.15, 0.2) is 10.9 Å². The Morgan fingerprint density at radius 2 is 2.27 bits per heavy atom. The van der Waals surface area contributed by atoms with E-state index in [9.17, 15) is 0 Å². The molecule has 1 saturated heterocycles. The quantitative estimate of drug-likeness (QED) is 0.789. The topological polar surface area (TPSA) is 28.2 Å². The molecule has 0 aliphatic carbocycles. The molecular weight excluding hydrogens is 226 g/mol. The molecule has 0 aromatic carbocycles. The molecule has 0 unspecified atom stereocenters. The van der Waals surface area contributed by atoms with Crippen LogP contribution in [0.2, 0.25) is 0 Å². The van der Waals surface area contributed by atoms with Gasteiger partial charge in [0.15, 0.2) is 0 Å². The minimum Gasteiger partial charge on any atom is -0.310 e. The van der Waals surface area contributed by atoms with Gasteiger partial charge in [0.25, 0.3) is 0 Å². The lowest BCUT2D eigenvalue weighted by atomic mass is 10.4. The van der Waals surface area contributed by atoms with Gasteiger partial charge in [0, 0.05) is 49.6 Å². The molecule has 1 aromatic rings. The Morgan fingerprint density at radius 3 is 3.00 bits per heavy atom. The summed E-state index contributed by atoms with van der Waals surface area (Å²) < 4.78 is 0. The van der Waals surface area contributed by atoms with Gasteiger partial charge in [-0.2, -0.15) is 11.8 Å². The summed E-state index contributed by atoms with van der Waals surface area (Å²) >= 11 is 3.73. The van der Waals surface area contributed by atoms with Gasteiger partial charge < -0.3 is 10.2 Å². The van der Waals surface area contributed by atoms with E-state index < -0.39 is 0 Å². The zero-order valence-electron chi connectivity index (χ0n) is 8.82. The van der Waals surface area contributed by atoms with E-state index in [1.807, 2.05) is 5.51 Å². The zero-order valence-corrected chi connectivity index (χ0v) is 10.4. The summed E-state index contributed by atoms with van der Waals surface area (Å²) in [7, 11) is 0. The second-order valence-corrected chi connectivity index (χ2v) is 5.55. The molecule has 5 heteroatoms. The smallest absolute Gasteiger partial charge is 0.0795 e. The molecular formula is C10H17N3S2. The predicted octanol–water partition coefficient (Wildman–Crippen LogP) is 1.28. The Morgan fingerprint density at radius 1 is 1.40 bits per heavy atom. The van der Waals surface area contributed by atoms with Crippen LogP contribution in [-0.4, -0.2) is 47.6 Å². The molecule has 1 fully saturated rings. The van der Waals surface area contributed by atoms with E-state index in [-0.39, 0.29) is 0 Å². The monoisotopic (exact) mass is 243 g/mol. The van der Waals surface area contributed by atoms with Crippen LogP contribution in [0.1, 0.15) is 5.69 Å². The number of hydrogen-bond acceptors (Lipinski definition) is 5. The highest BCUT2D eigenvalue weighted by molar-refractivity contribution is 7.99. The zero-order chi connectivity index (χ0) is 10.3. The molecule has 1 aromatic heterocycles. The summed E-state index contributed by atoms with van der Waals surface area (Å²) in [6, 6.07) is 0. The number of nitrogens with zero attached hydrogens (tertiary/aromatic N) is 2. The highest BCUT2D eigenvalue weighted by atomic mass is 32.2. The molecule has 84 valence electrons. The fourth-order valence-electron chi connectivity index (χ4n) is 1.60. The van der Waals surface area contributed by atoms with Crippen LogP contribution in [0.4, 0.5) is 0 Å². The fraction of sp³-hybridized carbons (Fsp3) is 0.700. The predicted molar refractivity (Wildman–Crippen MR) is 67.6 cm³/mol. The van der Waals surface area contributed by atoms with Crippen LogP contribution in [0.25, 0.3) is 0 Å². The molecule has 2 rings (SSSR count). The normalized spacial score (nSPS) is 18.1. The lowest BCUT2D eigenvalue weighted by Crippen LogP contribution is -2.37. The maximum atomic E-state index is 4.24. The van der Waals surface area contributed by atoms with Gasteiger partial charge in [-0.15, -0.1) is 11.3 Å².